The van der Waals surface area contributed by atoms with Crippen LogP contribution >= 0.6 is 15.9 Å². The molecule has 0 unspecified atom stereocenters. The molecule has 0 aliphatic rings. The first-order valence-corrected chi connectivity index (χ1v) is 11.8. The summed E-state index contributed by atoms with van der Waals surface area (Å²) in [7, 11) is 1.75. The molecule has 0 atom stereocenters. The molecule has 0 bridgehead atoms. The van der Waals surface area contributed by atoms with Crippen molar-refractivity contribution in [1.29, 1.82) is 0 Å². The molecule has 3 aromatic carbocycles. The first-order chi connectivity index (χ1) is 17.0. The van der Waals surface area contributed by atoms with Gasteiger partial charge in [0.05, 0.1) is 28.8 Å². The number of carbonyl (C=O) groups is 1. The Hall–Kier alpha value is -4.17. The summed E-state index contributed by atoms with van der Waals surface area (Å²) in [5.41, 5.74) is 4.43. The van der Waals surface area contributed by atoms with Gasteiger partial charge in [-0.25, -0.2) is 9.98 Å². The molecular formula is C27H22BrN5O2. The van der Waals surface area contributed by atoms with Crippen molar-refractivity contribution < 1.29 is 9.90 Å². The quantitative estimate of drug-likeness (QED) is 0.279. The molecule has 7 nitrogen and oxygen atoms in total. The highest BCUT2D eigenvalue weighted by Crippen LogP contribution is 2.33. The van der Waals surface area contributed by atoms with Gasteiger partial charge in [0.15, 0.2) is 5.88 Å². The first-order valence-electron chi connectivity index (χ1n) is 11.0. The molecule has 0 saturated heterocycles. The fraction of sp³-hybridized carbons (Fsp3) is 0.0741. The minimum Gasteiger partial charge on any atom is -0.494 e. The molecule has 1 amide bonds. The number of hydrogen-bond donors (Lipinski definition) is 2. The number of aliphatic imine (C=N–C) groups is 1. The number of aromatic nitrogens is 3. The molecule has 5 rings (SSSR count). The van der Waals surface area contributed by atoms with E-state index in [0.717, 1.165) is 26.6 Å². The summed E-state index contributed by atoms with van der Waals surface area (Å²) in [5.74, 6) is 0.00116. The average Bonchev–Trinajstić information content (AvgIpc) is 3.49. The molecule has 0 aliphatic carbocycles. The van der Waals surface area contributed by atoms with E-state index in [1.54, 1.807) is 35.2 Å². The van der Waals surface area contributed by atoms with Gasteiger partial charge < -0.3 is 19.6 Å². The van der Waals surface area contributed by atoms with Crippen LogP contribution in [0.2, 0.25) is 0 Å². The van der Waals surface area contributed by atoms with E-state index in [1.807, 2.05) is 72.8 Å². The number of aromatic amines is 1. The van der Waals surface area contributed by atoms with Crippen LogP contribution in [0.15, 0.2) is 101 Å². The Morgan fingerprint density at radius 1 is 1.11 bits per heavy atom. The second-order valence-electron chi connectivity index (χ2n) is 8.07. The summed E-state index contributed by atoms with van der Waals surface area (Å²) < 4.78 is 2.65. The van der Waals surface area contributed by atoms with Gasteiger partial charge in [0.2, 0.25) is 5.91 Å². The molecule has 8 heteroatoms. The third kappa shape index (κ3) is 4.74. The van der Waals surface area contributed by atoms with E-state index in [-0.39, 0.29) is 18.3 Å². The predicted molar refractivity (Wildman–Crippen MR) is 141 cm³/mol. The number of likely N-dealkylation sites (N-methyl/N-ethyl adjacent to an activating group) is 1. The monoisotopic (exact) mass is 527 g/mol. The van der Waals surface area contributed by atoms with Crippen molar-refractivity contribution in [2.75, 3.05) is 11.9 Å². The maximum Gasteiger partial charge on any atom is 0.246 e. The van der Waals surface area contributed by atoms with E-state index in [2.05, 4.69) is 25.9 Å². The van der Waals surface area contributed by atoms with Gasteiger partial charge in [0.25, 0.3) is 0 Å². The maximum absolute atomic E-state index is 12.6. The zero-order chi connectivity index (χ0) is 24.4. The fourth-order valence-electron chi connectivity index (χ4n) is 3.92. The van der Waals surface area contributed by atoms with Crippen LogP contribution in [0.3, 0.4) is 0 Å². The number of amides is 1. The third-order valence-electron chi connectivity index (χ3n) is 5.75. The summed E-state index contributed by atoms with van der Waals surface area (Å²) in [6.45, 7) is 0.213. The van der Waals surface area contributed by atoms with E-state index in [0.29, 0.717) is 17.0 Å². The van der Waals surface area contributed by atoms with Crippen LogP contribution in [0.1, 0.15) is 11.1 Å². The summed E-state index contributed by atoms with van der Waals surface area (Å²) in [4.78, 5) is 26.2. The van der Waals surface area contributed by atoms with Crippen molar-refractivity contribution >= 4 is 49.8 Å². The number of carbonyl (C=O) groups excluding carboxylic acids is 1. The molecule has 0 fully saturated rings. The third-order valence-corrected chi connectivity index (χ3v) is 6.25. The van der Waals surface area contributed by atoms with Crippen LogP contribution in [0.5, 0.6) is 5.88 Å². The molecule has 0 aliphatic heterocycles. The number of imidazole rings is 1. The first kappa shape index (κ1) is 22.6. The molecule has 0 radical (unpaired) electrons. The Morgan fingerprint density at radius 2 is 1.89 bits per heavy atom. The largest absolute Gasteiger partial charge is 0.494 e. The lowest BCUT2D eigenvalue weighted by atomic mass is 10.0. The molecule has 35 heavy (non-hydrogen) atoms. The van der Waals surface area contributed by atoms with Crippen molar-refractivity contribution in [2.24, 2.45) is 4.99 Å². The van der Waals surface area contributed by atoms with Gasteiger partial charge in [-0.2, -0.15) is 0 Å². The zero-order valence-electron chi connectivity index (χ0n) is 18.9. The van der Waals surface area contributed by atoms with Gasteiger partial charge >= 0.3 is 0 Å². The Labute approximate surface area is 210 Å². The average molecular weight is 528 g/mol. The van der Waals surface area contributed by atoms with Crippen molar-refractivity contribution in [1.82, 2.24) is 14.5 Å². The van der Waals surface area contributed by atoms with E-state index < -0.39 is 0 Å². The molecule has 5 aromatic rings. The SMILES string of the molecule is CN(C(=O)Cn1ccnc1)c1ccc(N=C(c2ccccc2)c2c(O)[nH]c3cc(Br)ccc23)cc1. The molecular weight excluding hydrogens is 506 g/mol. The summed E-state index contributed by atoms with van der Waals surface area (Å²) >= 11 is 3.48. The van der Waals surface area contributed by atoms with Crippen LogP contribution in [-0.4, -0.2) is 38.3 Å². The lowest BCUT2D eigenvalue weighted by Crippen LogP contribution is -2.29. The number of nitrogens with zero attached hydrogens (tertiary/aromatic N) is 4. The van der Waals surface area contributed by atoms with Crippen LogP contribution in [0.25, 0.3) is 10.9 Å². The van der Waals surface area contributed by atoms with Gasteiger partial charge in [0.1, 0.15) is 6.54 Å². The standard InChI is InChI=1S/C27H22BrN5O2/c1-32(24(34)16-33-14-13-29-17-33)21-10-8-20(9-11-21)30-26(18-5-3-2-4-6-18)25-22-12-7-19(28)15-23(22)31-27(25)35/h2-15,17,31,35H,16H2,1H3. The molecule has 0 spiro atoms. The number of aromatic hydroxyl groups is 1. The summed E-state index contributed by atoms with van der Waals surface area (Å²) in [6.07, 6.45) is 5.02. The minimum atomic E-state index is -0.0564. The molecule has 2 heterocycles. The van der Waals surface area contributed by atoms with Gasteiger partial charge in [0, 0.05) is 40.6 Å². The van der Waals surface area contributed by atoms with Gasteiger partial charge in [-0.1, -0.05) is 52.3 Å². The van der Waals surface area contributed by atoms with Crippen molar-refractivity contribution in [2.45, 2.75) is 6.54 Å². The van der Waals surface area contributed by atoms with E-state index in [9.17, 15) is 9.90 Å². The Morgan fingerprint density at radius 3 is 2.60 bits per heavy atom. The summed E-state index contributed by atoms with van der Waals surface area (Å²) in [5, 5.41) is 11.7. The van der Waals surface area contributed by atoms with E-state index in [1.165, 1.54) is 0 Å². The normalized spacial score (nSPS) is 11.7. The van der Waals surface area contributed by atoms with Crippen molar-refractivity contribution in [3.63, 3.8) is 0 Å². The topological polar surface area (TPSA) is 86.5 Å². The van der Waals surface area contributed by atoms with Crippen molar-refractivity contribution in [3.05, 3.63) is 107 Å². The number of benzene rings is 3. The van der Waals surface area contributed by atoms with Crippen molar-refractivity contribution in [3.8, 4) is 5.88 Å². The predicted octanol–water partition coefficient (Wildman–Crippen LogP) is 5.66. The van der Waals surface area contributed by atoms with Gasteiger partial charge in [-0.05, 0) is 36.4 Å². The summed E-state index contributed by atoms with van der Waals surface area (Å²) in [6, 6.07) is 23.0. The molecule has 174 valence electrons. The number of fused-ring (bicyclic) bond motifs is 1. The Kier molecular flexibility index (Phi) is 6.20. The molecule has 2 aromatic heterocycles. The van der Waals surface area contributed by atoms with Crippen LogP contribution < -0.4 is 4.90 Å². The number of nitrogens with one attached hydrogen (secondary N) is 1. The number of H-pyrrole nitrogens is 1. The lowest BCUT2D eigenvalue weighted by Gasteiger charge is -2.17. The van der Waals surface area contributed by atoms with E-state index >= 15 is 0 Å². The highest BCUT2D eigenvalue weighted by molar-refractivity contribution is 9.10. The minimum absolute atomic E-state index is 0.0564. The number of halogens is 1. The van der Waals surface area contributed by atoms with Crippen LogP contribution in [0.4, 0.5) is 11.4 Å². The van der Waals surface area contributed by atoms with E-state index in [4.69, 9.17) is 4.99 Å². The fourth-order valence-corrected chi connectivity index (χ4v) is 4.28. The number of hydrogen-bond acceptors (Lipinski definition) is 4. The van der Waals surface area contributed by atoms with Crippen LogP contribution in [0, 0.1) is 0 Å². The smallest absolute Gasteiger partial charge is 0.246 e. The lowest BCUT2D eigenvalue weighted by molar-refractivity contribution is -0.118. The molecule has 0 saturated carbocycles. The zero-order valence-corrected chi connectivity index (χ0v) is 20.5. The highest BCUT2D eigenvalue weighted by Gasteiger charge is 2.19. The van der Waals surface area contributed by atoms with Gasteiger partial charge in [-0.3, -0.25) is 4.79 Å². The van der Waals surface area contributed by atoms with Gasteiger partial charge in [-0.15, -0.1) is 0 Å². The second-order valence-corrected chi connectivity index (χ2v) is 8.98. The Bertz CT molecular complexity index is 1510. The van der Waals surface area contributed by atoms with Crippen LogP contribution in [-0.2, 0) is 11.3 Å². The maximum atomic E-state index is 12.6. The second kappa shape index (κ2) is 9.60. The number of rotatable bonds is 6. The Balaban J connectivity index is 1.51. The highest BCUT2D eigenvalue weighted by atomic mass is 79.9. The number of anilines is 1. The molecule has 2 N–H and O–H groups in total.